The smallest absolute Gasteiger partial charge is 0.165 e. The van der Waals surface area contributed by atoms with E-state index < -0.39 is 12.1 Å². The molecule has 0 bridgehead atoms. The quantitative estimate of drug-likeness (QED) is 0.800. The summed E-state index contributed by atoms with van der Waals surface area (Å²) in [7, 11) is 1.97. The van der Waals surface area contributed by atoms with Gasteiger partial charge in [-0.15, -0.1) is 0 Å². The first-order valence-corrected chi connectivity index (χ1v) is 7.40. The number of likely N-dealkylation sites (N-methyl/N-ethyl adjacent to an activating group) is 1. The average molecular weight is 307 g/mol. The van der Waals surface area contributed by atoms with E-state index in [1.165, 1.54) is 6.33 Å². The highest BCUT2D eigenvalue weighted by atomic mass is 16.5. The zero-order valence-electron chi connectivity index (χ0n) is 12.8. The number of fused-ring (bicyclic) bond motifs is 1. The molecule has 1 fully saturated rings. The fourth-order valence-electron chi connectivity index (χ4n) is 2.81. The third kappa shape index (κ3) is 2.53. The van der Waals surface area contributed by atoms with Crippen molar-refractivity contribution in [3.8, 4) is 0 Å². The lowest BCUT2D eigenvalue weighted by molar-refractivity contribution is 0.0885. The van der Waals surface area contributed by atoms with Crippen LogP contribution in [0.3, 0.4) is 0 Å². The van der Waals surface area contributed by atoms with Crippen molar-refractivity contribution >= 4 is 17.0 Å². The standard InChI is InChI=1S/C14H21N5O3/c1-9(21)11(5-20)19-8-17-12-13(15-7-16-14(12)19)18(2)10-3-4-22-6-10/h7-11,20-21H,3-6H2,1-2H3/t9-,10?,11+/m1/s1. The first-order chi connectivity index (χ1) is 10.6. The van der Waals surface area contributed by atoms with Gasteiger partial charge in [-0.25, -0.2) is 15.0 Å². The number of ether oxygens (including phenoxy) is 1. The molecule has 2 aromatic heterocycles. The molecule has 0 spiro atoms. The predicted octanol–water partition coefficient (Wildman–Crippen LogP) is -0.0344. The molecule has 1 unspecified atom stereocenters. The van der Waals surface area contributed by atoms with Gasteiger partial charge in [-0.3, -0.25) is 0 Å². The minimum absolute atomic E-state index is 0.186. The Morgan fingerprint density at radius 1 is 1.45 bits per heavy atom. The number of anilines is 1. The molecule has 3 heterocycles. The van der Waals surface area contributed by atoms with Crippen molar-refractivity contribution in [2.24, 2.45) is 0 Å². The molecular weight excluding hydrogens is 286 g/mol. The summed E-state index contributed by atoms with van der Waals surface area (Å²) in [5.41, 5.74) is 1.27. The lowest BCUT2D eigenvalue weighted by Crippen LogP contribution is -2.32. The van der Waals surface area contributed by atoms with Crippen molar-refractivity contribution in [3.05, 3.63) is 12.7 Å². The van der Waals surface area contributed by atoms with E-state index in [0.29, 0.717) is 17.8 Å². The number of nitrogens with zero attached hydrogens (tertiary/aromatic N) is 5. The molecule has 2 N–H and O–H groups in total. The number of aliphatic hydroxyl groups is 2. The summed E-state index contributed by atoms with van der Waals surface area (Å²) in [6, 6.07) is -0.207. The fraction of sp³-hybridized carbons (Fsp3) is 0.643. The zero-order chi connectivity index (χ0) is 15.7. The van der Waals surface area contributed by atoms with Crippen LogP contribution in [0.4, 0.5) is 5.82 Å². The van der Waals surface area contributed by atoms with E-state index in [0.717, 1.165) is 18.8 Å². The summed E-state index contributed by atoms with van der Waals surface area (Å²) in [4.78, 5) is 15.1. The lowest BCUT2D eigenvalue weighted by atomic mass is 10.2. The largest absolute Gasteiger partial charge is 0.394 e. The van der Waals surface area contributed by atoms with Crippen molar-refractivity contribution in [2.75, 3.05) is 31.8 Å². The summed E-state index contributed by atoms with van der Waals surface area (Å²) in [6.07, 6.45) is 3.32. The molecule has 2 aromatic rings. The van der Waals surface area contributed by atoms with E-state index in [-0.39, 0.29) is 12.6 Å². The molecule has 0 radical (unpaired) electrons. The minimum atomic E-state index is -0.707. The van der Waals surface area contributed by atoms with Gasteiger partial charge in [-0.2, -0.15) is 0 Å². The highest BCUT2D eigenvalue weighted by molar-refractivity contribution is 5.83. The molecule has 0 amide bonds. The lowest BCUT2D eigenvalue weighted by Gasteiger charge is -2.24. The molecule has 0 aromatic carbocycles. The van der Waals surface area contributed by atoms with Gasteiger partial charge in [0, 0.05) is 13.7 Å². The maximum absolute atomic E-state index is 9.82. The number of aromatic nitrogens is 4. The highest BCUT2D eigenvalue weighted by Crippen LogP contribution is 2.26. The number of aliphatic hydroxyl groups excluding tert-OH is 2. The number of hydrogen-bond acceptors (Lipinski definition) is 7. The maximum atomic E-state index is 9.82. The van der Waals surface area contributed by atoms with Crippen LogP contribution in [-0.2, 0) is 4.74 Å². The van der Waals surface area contributed by atoms with Crippen LogP contribution in [0.15, 0.2) is 12.7 Å². The Morgan fingerprint density at radius 3 is 2.91 bits per heavy atom. The third-order valence-electron chi connectivity index (χ3n) is 4.23. The van der Waals surface area contributed by atoms with Crippen LogP contribution in [0, 0.1) is 0 Å². The summed E-state index contributed by atoms with van der Waals surface area (Å²) in [6.45, 7) is 2.88. The van der Waals surface area contributed by atoms with Crippen LogP contribution in [-0.4, -0.2) is 68.7 Å². The van der Waals surface area contributed by atoms with E-state index in [1.807, 2.05) is 7.05 Å². The Kier molecular flexibility index (Phi) is 4.23. The fourth-order valence-corrected chi connectivity index (χ4v) is 2.81. The Bertz CT molecular complexity index is 638. The second-order valence-electron chi connectivity index (χ2n) is 5.64. The average Bonchev–Trinajstić information content (AvgIpc) is 3.16. The van der Waals surface area contributed by atoms with Gasteiger partial charge in [0.15, 0.2) is 17.0 Å². The van der Waals surface area contributed by atoms with Crippen LogP contribution < -0.4 is 4.90 Å². The topological polar surface area (TPSA) is 96.5 Å². The van der Waals surface area contributed by atoms with Gasteiger partial charge < -0.3 is 24.4 Å². The minimum Gasteiger partial charge on any atom is -0.394 e. The van der Waals surface area contributed by atoms with Gasteiger partial charge in [0.2, 0.25) is 0 Å². The molecule has 0 aliphatic carbocycles. The normalized spacial score (nSPS) is 21.2. The predicted molar refractivity (Wildman–Crippen MR) is 80.8 cm³/mol. The molecule has 1 saturated heterocycles. The first kappa shape index (κ1) is 15.1. The second kappa shape index (κ2) is 6.15. The Hall–Kier alpha value is -1.77. The van der Waals surface area contributed by atoms with Crippen molar-refractivity contribution in [1.82, 2.24) is 19.5 Å². The third-order valence-corrected chi connectivity index (χ3v) is 4.23. The molecule has 22 heavy (non-hydrogen) atoms. The van der Waals surface area contributed by atoms with Gasteiger partial charge in [0.1, 0.15) is 6.33 Å². The van der Waals surface area contributed by atoms with Gasteiger partial charge >= 0.3 is 0 Å². The molecular formula is C14H21N5O3. The van der Waals surface area contributed by atoms with Gasteiger partial charge in [-0.05, 0) is 13.3 Å². The summed E-state index contributed by atoms with van der Waals surface area (Å²) < 4.78 is 7.13. The molecule has 0 saturated carbocycles. The molecule has 1 aliphatic rings. The highest BCUT2D eigenvalue weighted by Gasteiger charge is 2.26. The van der Waals surface area contributed by atoms with Gasteiger partial charge in [0.05, 0.1) is 37.7 Å². The van der Waals surface area contributed by atoms with Crippen LogP contribution in [0.1, 0.15) is 19.4 Å². The summed E-state index contributed by atoms with van der Waals surface area (Å²) in [5, 5.41) is 19.3. The number of hydrogen-bond donors (Lipinski definition) is 2. The van der Waals surface area contributed by atoms with Crippen LogP contribution in [0.5, 0.6) is 0 Å². The Morgan fingerprint density at radius 2 is 2.27 bits per heavy atom. The first-order valence-electron chi connectivity index (χ1n) is 7.40. The van der Waals surface area contributed by atoms with E-state index in [9.17, 15) is 10.2 Å². The van der Waals surface area contributed by atoms with Crippen molar-refractivity contribution < 1.29 is 14.9 Å². The van der Waals surface area contributed by atoms with Crippen molar-refractivity contribution in [1.29, 1.82) is 0 Å². The van der Waals surface area contributed by atoms with E-state index >= 15 is 0 Å². The second-order valence-corrected chi connectivity index (χ2v) is 5.64. The van der Waals surface area contributed by atoms with E-state index in [2.05, 4.69) is 19.9 Å². The van der Waals surface area contributed by atoms with Crippen LogP contribution in [0.2, 0.25) is 0 Å². The summed E-state index contributed by atoms with van der Waals surface area (Å²) >= 11 is 0. The SMILES string of the molecule is C[C@@H](O)[C@H](CO)n1cnc2c(N(C)C3CCOC3)ncnc21. The Labute approximate surface area is 128 Å². The molecule has 3 rings (SSSR count). The monoisotopic (exact) mass is 307 g/mol. The molecule has 8 heteroatoms. The maximum Gasteiger partial charge on any atom is 0.165 e. The zero-order valence-corrected chi connectivity index (χ0v) is 12.8. The van der Waals surface area contributed by atoms with Crippen LogP contribution in [0.25, 0.3) is 11.2 Å². The van der Waals surface area contributed by atoms with Crippen molar-refractivity contribution in [3.63, 3.8) is 0 Å². The number of imidazole rings is 1. The Balaban J connectivity index is 2.01. The molecule has 1 aliphatic heterocycles. The molecule has 8 nitrogen and oxygen atoms in total. The number of rotatable bonds is 5. The van der Waals surface area contributed by atoms with E-state index in [4.69, 9.17) is 4.74 Å². The molecule has 3 atom stereocenters. The van der Waals surface area contributed by atoms with Gasteiger partial charge in [-0.1, -0.05) is 0 Å². The van der Waals surface area contributed by atoms with Crippen molar-refractivity contribution in [2.45, 2.75) is 31.5 Å². The summed E-state index contributed by atoms with van der Waals surface area (Å²) in [5.74, 6) is 0.738. The van der Waals surface area contributed by atoms with Crippen LogP contribution >= 0.6 is 0 Å². The molecule has 120 valence electrons. The van der Waals surface area contributed by atoms with Gasteiger partial charge in [0.25, 0.3) is 0 Å². The van der Waals surface area contributed by atoms with E-state index in [1.54, 1.807) is 17.8 Å².